The molecule has 3 N–H and O–H groups in total. The molecule has 16 heavy (non-hydrogen) atoms. The van der Waals surface area contributed by atoms with Crippen LogP contribution in [0.3, 0.4) is 0 Å². The van der Waals surface area contributed by atoms with Gasteiger partial charge in [-0.3, -0.25) is 4.79 Å². The summed E-state index contributed by atoms with van der Waals surface area (Å²) in [6.07, 6.45) is 3.56. The third-order valence-corrected chi connectivity index (χ3v) is 4.10. The maximum atomic E-state index is 11.8. The van der Waals surface area contributed by atoms with E-state index in [1.807, 2.05) is 13.8 Å². The molecule has 0 heterocycles. The zero-order valence-electron chi connectivity index (χ0n) is 11.0. The largest absolute Gasteiger partial charge is 0.352 e. The van der Waals surface area contributed by atoms with Crippen molar-refractivity contribution in [3.63, 3.8) is 0 Å². The van der Waals surface area contributed by atoms with E-state index in [-0.39, 0.29) is 17.9 Å². The molecule has 1 fully saturated rings. The van der Waals surface area contributed by atoms with Crippen LogP contribution in [0.2, 0.25) is 0 Å². The molecule has 4 atom stereocenters. The highest BCUT2D eigenvalue weighted by molar-refractivity contribution is 5.82. The van der Waals surface area contributed by atoms with E-state index in [9.17, 15) is 4.79 Å². The van der Waals surface area contributed by atoms with Gasteiger partial charge in [0.25, 0.3) is 0 Å². The zero-order chi connectivity index (χ0) is 12.3. The lowest BCUT2D eigenvalue weighted by molar-refractivity contribution is -0.124. The fourth-order valence-corrected chi connectivity index (χ4v) is 2.61. The lowest BCUT2D eigenvalue weighted by Crippen LogP contribution is -2.48. The highest BCUT2D eigenvalue weighted by Gasteiger charge is 2.33. The van der Waals surface area contributed by atoms with Gasteiger partial charge in [-0.1, -0.05) is 34.1 Å². The molecule has 3 nitrogen and oxygen atoms in total. The summed E-state index contributed by atoms with van der Waals surface area (Å²) in [6.45, 7) is 8.44. The smallest absolute Gasteiger partial charge is 0.237 e. The van der Waals surface area contributed by atoms with Crippen molar-refractivity contribution in [1.29, 1.82) is 0 Å². The molecule has 0 aromatic rings. The molecule has 0 spiro atoms. The molecule has 94 valence electrons. The second kappa shape index (κ2) is 5.67. The number of nitrogens with one attached hydrogen (secondary N) is 1. The van der Waals surface area contributed by atoms with Gasteiger partial charge in [-0.25, -0.2) is 0 Å². The number of carbonyl (C=O) groups is 1. The predicted molar refractivity (Wildman–Crippen MR) is 66.9 cm³/mol. The Kier molecular flexibility index (Phi) is 4.78. The van der Waals surface area contributed by atoms with Crippen molar-refractivity contribution in [2.24, 2.45) is 23.5 Å². The monoisotopic (exact) mass is 226 g/mol. The summed E-state index contributed by atoms with van der Waals surface area (Å²) >= 11 is 0. The lowest BCUT2D eigenvalue weighted by Gasteiger charge is -2.23. The molecular formula is C13H26N2O. The van der Waals surface area contributed by atoms with E-state index in [2.05, 4.69) is 19.2 Å². The highest BCUT2D eigenvalue weighted by Crippen LogP contribution is 2.33. The van der Waals surface area contributed by atoms with E-state index in [0.717, 1.165) is 12.3 Å². The van der Waals surface area contributed by atoms with Crippen molar-refractivity contribution >= 4 is 5.91 Å². The van der Waals surface area contributed by atoms with Crippen LogP contribution < -0.4 is 11.1 Å². The van der Waals surface area contributed by atoms with E-state index in [1.54, 1.807) is 0 Å². The first-order chi connectivity index (χ1) is 7.47. The Hall–Kier alpha value is -0.570. The minimum absolute atomic E-state index is 0.0172. The van der Waals surface area contributed by atoms with Gasteiger partial charge in [0.05, 0.1) is 6.04 Å². The van der Waals surface area contributed by atoms with E-state index in [4.69, 9.17) is 5.73 Å². The van der Waals surface area contributed by atoms with Gasteiger partial charge >= 0.3 is 0 Å². The first kappa shape index (κ1) is 13.5. The molecule has 3 heteroatoms. The van der Waals surface area contributed by atoms with Crippen LogP contribution in [0.1, 0.15) is 47.0 Å². The van der Waals surface area contributed by atoms with Crippen LogP contribution in [0.15, 0.2) is 0 Å². The van der Waals surface area contributed by atoms with Gasteiger partial charge in [-0.2, -0.15) is 0 Å². The van der Waals surface area contributed by atoms with Crippen molar-refractivity contribution in [1.82, 2.24) is 5.32 Å². The average Bonchev–Trinajstić information content (AvgIpc) is 2.58. The molecule has 1 amide bonds. The fourth-order valence-electron chi connectivity index (χ4n) is 2.61. The zero-order valence-corrected chi connectivity index (χ0v) is 11.0. The van der Waals surface area contributed by atoms with Crippen LogP contribution in [0.5, 0.6) is 0 Å². The summed E-state index contributed by atoms with van der Waals surface area (Å²) in [5.74, 6) is 1.58. The predicted octanol–water partition coefficient (Wildman–Crippen LogP) is 1.91. The number of nitrogens with two attached hydrogens (primary N) is 1. The second-order valence-corrected chi connectivity index (χ2v) is 5.49. The third-order valence-electron chi connectivity index (χ3n) is 4.10. The van der Waals surface area contributed by atoms with E-state index in [1.165, 1.54) is 12.8 Å². The Morgan fingerprint density at radius 3 is 2.50 bits per heavy atom. The van der Waals surface area contributed by atoms with Crippen LogP contribution in [-0.4, -0.2) is 18.0 Å². The third kappa shape index (κ3) is 2.97. The molecular weight excluding hydrogens is 200 g/mol. The summed E-state index contributed by atoms with van der Waals surface area (Å²) in [7, 11) is 0. The van der Waals surface area contributed by atoms with Gasteiger partial charge in [0.1, 0.15) is 0 Å². The molecule has 3 unspecified atom stereocenters. The van der Waals surface area contributed by atoms with Gasteiger partial charge < -0.3 is 11.1 Å². The molecule has 1 aliphatic carbocycles. The summed E-state index contributed by atoms with van der Waals surface area (Å²) in [5, 5.41) is 3.11. The van der Waals surface area contributed by atoms with Gasteiger partial charge in [-0.15, -0.1) is 0 Å². The van der Waals surface area contributed by atoms with Crippen molar-refractivity contribution in [3.8, 4) is 0 Å². The van der Waals surface area contributed by atoms with Gasteiger partial charge in [0.2, 0.25) is 5.91 Å². The fraction of sp³-hybridized carbons (Fsp3) is 0.923. The topological polar surface area (TPSA) is 55.1 Å². The minimum Gasteiger partial charge on any atom is -0.352 e. The van der Waals surface area contributed by atoms with Crippen LogP contribution in [0.25, 0.3) is 0 Å². The summed E-state index contributed by atoms with van der Waals surface area (Å²) in [5.41, 5.74) is 5.84. The molecule has 0 aromatic carbocycles. The molecule has 1 rings (SSSR count). The van der Waals surface area contributed by atoms with Gasteiger partial charge in [-0.05, 0) is 30.6 Å². The van der Waals surface area contributed by atoms with Crippen LogP contribution in [-0.2, 0) is 4.79 Å². The molecule has 0 bridgehead atoms. The number of hydrogen-bond acceptors (Lipinski definition) is 2. The van der Waals surface area contributed by atoms with Crippen LogP contribution in [0.4, 0.5) is 0 Å². The normalized spacial score (nSPS) is 31.8. The van der Waals surface area contributed by atoms with E-state index >= 15 is 0 Å². The Bertz CT molecular complexity index is 240. The maximum Gasteiger partial charge on any atom is 0.237 e. The number of rotatable bonds is 4. The van der Waals surface area contributed by atoms with Crippen molar-refractivity contribution in [2.75, 3.05) is 0 Å². The summed E-state index contributed by atoms with van der Waals surface area (Å²) in [6, 6.07) is -0.0323. The average molecular weight is 226 g/mol. The van der Waals surface area contributed by atoms with Crippen LogP contribution in [0, 0.1) is 17.8 Å². The SMILES string of the molecule is CCC1CCC(NC(=O)[C@H](N)C(C)C)C1C. The Morgan fingerprint density at radius 2 is 2.06 bits per heavy atom. The number of carbonyl (C=O) groups excluding carboxylic acids is 1. The molecule has 1 aliphatic rings. The first-order valence-electron chi connectivity index (χ1n) is 6.53. The maximum absolute atomic E-state index is 11.8. The highest BCUT2D eigenvalue weighted by atomic mass is 16.2. The number of hydrogen-bond donors (Lipinski definition) is 2. The molecule has 0 saturated heterocycles. The molecule has 0 aliphatic heterocycles. The second-order valence-electron chi connectivity index (χ2n) is 5.49. The molecule has 0 radical (unpaired) electrons. The van der Waals surface area contributed by atoms with E-state index in [0.29, 0.717) is 12.0 Å². The van der Waals surface area contributed by atoms with Gasteiger partial charge in [0, 0.05) is 6.04 Å². The first-order valence-corrected chi connectivity index (χ1v) is 6.53. The Labute approximate surface area is 99.2 Å². The number of amides is 1. The lowest BCUT2D eigenvalue weighted by atomic mass is 9.93. The summed E-state index contributed by atoms with van der Waals surface area (Å²) < 4.78 is 0. The van der Waals surface area contributed by atoms with E-state index < -0.39 is 0 Å². The summed E-state index contributed by atoms with van der Waals surface area (Å²) in [4.78, 5) is 11.8. The minimum atomic E-state index is -0.368. The molecule has 0 aromatic heterocycles. The van der Waals surface area contributed by atoms with Gasteiger partial charge in [0.15, 0.2) is 0 Å². The molecule has 1 saturated carbocycles. The van der Waals surface area contributed by atoms with Crippen molar-refractivity contribution in [3.05, 3.63) is 0 Å². The van der Waals surface area contributed by atoms with Crippen molar-refractivity contribution < 1.29 is 4.79 Å². The Morgan fingerprint density at radius 1 is 1.44 bits per heavy atom. The van der Waals surface area contributed by atoms with Crippen LogP contribution >= 0.6 is 0 Å². The Balaban J connectivity index is 2.47. The quantitative estimate of drug-likeness (QED) is 0.769. The standard InChI is InChI=1S/C13H26N2O/c1-5-10-6-7-11(9(10)4)15-13(16)12(14)8(2)3/h8-12H,5-7,14H2,1-4H3,(H,15,16)/t9?,10?,11?,12-/m1/s1. The van der Waals surface area contributed by atoms with Crippen molar-refractivity contribution in [2.45, 2.75) is 59.0 Å².